The van der Waals surface area contributed by atoms with Gasteiger partial charge in [-0.25, -0.2) is 0 Å². The predicted molar refractivity (Wildman–Crippen MR) is 48.1 cm³/mol. The molecule has 1 rings (SSSR count). The van der Waals surface area contributed by atoms with Crippen LogP contribution in [0.5, 0.6) is 0 Å². The van der Waals surface area contributed by atoms with Gasteiger partial charge in [-0.15, -0.1) is 0 Å². The second kappa shape index (κ2) is 2.88. The Bertz CT molecular complexity index is 145. The van der Waals surface area contributed by atoms with E-state index < -0.39 is 8.32 Å². The predicted octanol–water partition coefficient (Wildman–Crippen LogP) is 1.75. The molecular weight excluding hydrogens is 156 g/mol. The molecule has 0 aromatic rings. The molecule has 11 heavy (non-hydrogen) atoms. The second-order valence-electron chi connectivity index (χ2n) is 4.18. The van der Waals surface area contributed by atoms with Crippen molar-refractivity contribution < 1.29 is 9.53 Å². The maximum absolute atomic E-state index is 9.23. The standard InChI is InChI=1S/C8H18O2Si/c1-6(2)10-11(3,4)8-5-7(8)9/h6-9H,5H2,1-4H3. The molecule has 3 heteroatoms. The average molecular weight is 174 g/mol. The largest absolute Gasteiger partial charge is 0.415 e. The third kappa shape index (κ3) is 2.29. The molecule has 0 heterocycles. The van der Waals surface area contributed by atoms with Crippen molar-refractivity contribution in [3.63, 3.8) is 0 Å². The van der Waals surface area contributed by atoms with Gasteiger partial charge < -0.3 is 9.53 Å². The minimum absolute atomic E-state index is 0.0598. The molecule has 0 aliphatic heterocycles. The first kappa shape index (κ1) is 9.23. The number of aliphatic hydroxyl groups excluding tert-OH is 1. The number of hydrogen-bond donors (Lipinski definition) is 1. The first-order chi connectivity index (χ1) is 4.93. The molecule has 0 radical (unpaired) electrons. The van der Waals surface area contributed by atoms with Crippen molar-refractivity contribution >= 4 is 8.32 Å². The van der Waals surface area contributed by atoms with Crippen LogP contribution in [0.4, 0.5) is 0 Å². The van der Waals surface area contributed by atoms with Crippen LogP contribution in [0.3, 0.4) is 0 Å². The van der Waals surface area contributed by atoms with Crippen LogP contribution in [0, 0.1) is 0 Å². The summed E-state index contributed by atoms with van der Waals surface area (Å²) in [6, 6.07) is 0. The number of aliphatic hydroxyl groups is 1. The zero-order chi connectivity index (χ0) is 8.65. The van der Waals surface area contributed by atoms with E-state index in [-0.39, 0.29) is 6.10 Å². The molecule has 0 saturated heterocycles. The Morgan fingerprint density at radius 3 is 2.18 bits per heavy atom. The summed E-state index contributed by atoms with van der Waals surface area (Å²) in [6.45, 7) is 8.49. The maximum Gasteiger partial charge on any atom is 0.192 e. The van der Waals surface area contributed by atoms with Crippen LogP contribution < -0.4 is 0 Å². The van der Waals surface area contributed by atoms with E-state index in [1.54, 1.807) is 0 Å². The summed E-state index contributed by atoms with van der Waals surface area (Å²) in [5.74, 6) is 0. The van der Waals surface area contributed by atoms with Gasteiger partial charge in [-0.1, -0.05) is 0 Å². The Balaban J connectivity index is 2.40. The van der Waals surface area contributed by atoms with E-state index in [2.05, 4.69) is 26.9 Å². The average Bonchev–Trinajstić information content (AvgIpc) is 2.42. The fraction of sp³-hybridized carbons (Fsp3) is 1.00. The molecule has 2 unspecified atom stereocenters. The Kier molecular flexibility index (Phi) is 2.42. The lowest BCUT2D eigenvalue weighted by molar-refractivity contribution is 0.221. The molecule has 0 amide bonds. The summed E-state index contributed by atoms with van der Waals surface area (Å²) in [6.07, 6.45) is 1.21. The molecule has 1 aliphatic rings. The van der Waals surface area contributed by atoms with E-state index in [0.717, 1.165) is 6.42 Å². The van der Waals surface area contributed by atoms with Gasteiger partial charge in [0, 0.05) is 11.6 Å². The summed E-state index contributed by atoms with van der Waals surface area (Å²) in [5.41, 5.74) is 0.491. The monoisotopic (exact) mass is 174 g/mol. The van der Waals surface area contributed by atoms with E-state index in [4.69, 9.17) is 4.43 Å². The van der Waals surface area contributed by atoms with Gasteiger partial charge in [0.2, 0.25) is 0 Å². The number of rotatable bonds is 3. The van der Waals surface area contributed by atoms with Crippen LogP contribution in [-0.2, 0) is 4.43 Å². The fourth-order valence-electron chi connectivity index (χ4n) is 1.62. The summed E-state index contributed by atoms with van der Waals surface area (Å²) >= 11 is 0. The molecule has 1 aliphatic carbocycles. The SMILES string of the molecule is CC(C)O[Si](C)(C)C1CC1O. The van der Waals surface area contributed by atoms with Gasteiger partial charge in [-0.2, -0.15) is 0 Å². The lowest BCUT2D eigenvalue weighted by Gasteiger charge is -2.25. The highest BCUT2D eigenvalue weighted by Gasteiger charge is 2.50. The molecule has 2 nitrogen and oxygen atoms in total. The highest BCUT2D eigenvalue weighted by Crippen LogP contribution is 2.46. The molecule has 0 spiro atoms. The minimum Gasteiger partial charge on any atom is -0.415 e. The zero-order valence-electron chi connectivity index (χ0n) is 7.79. The fourth-order valence-corrected chi connectivity index (χ4v) is 4.75. The highest BCUT2D eigenvalue weighted by atomic mass is 28.4. The van der Waals surface area contributed by atoms with Crippen LogP contribution in [0.25, 0.3) is 0 Å². The number of hydrogen-bond acceptors (Lipinski definition) is 2. The van der Waals surface area contributed by atoms with E-state index >= 15 is 0 Å². The quantitative estimate of drug-likeness (QED) is 0.661. The zero-order valence-corrected chi connectivity index (χ0v) is 8.79. The minimum atomic E-state index is -1.55. The molecule has 2 atom stereocenters. The van der Waals surface area contributed by atoms with Crippen molar-refractivity contribution in [2.75, 3.05) is 0 Å². The Hall–Kier alpha value is 0.137. The third-order valence-electron chi connectivity index (χ3n) is 2.19. The molecule has 0 aromatic carbocycles. The van der Waals surface area contributed by atoms with Crippen LogP contribution in [0.1, 0.15) is 20.3 Å². The molecule has 0 aromatic heterocycles. The van der Waals surface area contributed by atoms with Crippen molar-refractivity contribution in [3.8, 4) is 0 Å². The van der Waals surface area contributed by atoms with E-state index in [1.165, 1.54) is 0 Å². The topological polar surface area (TPSA) is 29.5 Å². The van der Waals surface area contributed by atoms with Crippen molar-refractivity contribution in [2.24, 2.45) is 0 Å². The van der Waals surface area contributed by atoms with Gasteiger partial charge in [-0.3, -0.25) is 0 Å². The van der Waals surface area contributed by atoms with Crippen LogP contribution in [-0.4, -0.2) is 25.6 Å². The highest BCUT2D eigenvalue weighted by molar-refractivity contribution is 6.73. The molecule has 1 fully saturated rings. The first-order valence-corrected chi connectivity index (χ1v) is 7.28. The van der Waals surface area contributed by atoms with E-state index in [1.807, 2.05) is 0 Å². The van der Waals surface area contributed by atoms with Gasteiger partial charge in [0.25, 0.3) is 0 Å². The summed E-state index contributed by atoms with van der Waals surface area (Å²) < 4.78 is 5.81. The summed E-state index contributed by atoms with van der Waals surface area (Å²) in [7, 11) is -1.55. The van der Waals surface area contributed by atoms with E-state index in [9.17, 15) is 5.11 Å². The smallest absolute Gasteiger partial charge is 0.192 e. The third-order valence-corrected chi connectivity index (χ3v) is 5.67. The lowest BCUT2D eigenvalue weighted by Crippen LogP contribution is -2.35. The Morgan fingerprint density at radius 2 is 1.91 bits per heavy atom. The van der Waals surface area contributed by atoms with Gasteiger partial charge in [0.05, 0.1) is 6.10 Å². The molecular formula is C8H18O2Si. The van der Waals surface area contributed by atoms with Crippen LogP contribution >= 0.6 is 0 Å². The van der Waals surface area contributed by atoms with Crippen molar-refractivity contribution in [3.05, 3.63) is 0 Å². The summed E-state index contributed by atoms with van der Waals surface area (Å²) in [4.78, 5) is 0. The van der Waals surface area contributed by atoms with Gasteiger partial charge in [0.15, 0.2) is 8.32 Å². The van der Waals surface area contributed by atoms with Crippen molar-refractivity contribution in [1.29, 1.82) is 0 Å². The van der Waals surface area contributed by atoms with Crippen molar-refractivity contribution in [1.82, 2.24) is 0 Å². The Morgan fingerprint density at radius 1 is 1.45 bits per heavy atom. The van der Waals surface area contributed by atoms with Crippen molar-refractivity contribution in [2.45, 2.75) is 51.1 Å². The van der Waals surface area contributed by atoms with Crippen LogP contribution in [0.2, 0.25) is 18.6 Å². The molecule has 0 bridgehead atoms. The van der Waals surface area contributed by atoms with Gasteiger partial charge >= 0.3 is 0 Å². The normalized spacial score (nSPS) is 31.1. The van der Waals surface area contributed by atoms with Gasteiger partial charge in [0.1, 0.15) is 0 Å². The Labute approximate surface area is 69.7 Å². The van der Waals surface area contributed by atoms with Gasteiger partial charge in [-0.05, 0) is 33.4 Å². The second-order valence-corrected chi connectivity index (χ2v) is 8.36. The summed E-state index contributed by atoms with van der Waals surface area (Å²) in [5, 5.41) is 9.23. The molecule has 66 valence electrons. The molecule has 1 N–H and O–H groups in total. The first-order valence-electron chi connectivity index (χ1n) is 4.29. The van der Waals surface area contributed by atoms with Crippen LogP contribution in [0.15, 0.2) is 0 Å². The van der Waals surface area contributed by atoms with E-state index in [0.29, 0.717) is 11.6 Å². The maximum atomic E-state index is 9.23. The lowest BCUT2D eigenvalue weighted by atomic mass is 10.5. The molecule has 1 saturated carbocycles.